The summed E-state index contributed by atoms with van der Waals surface area (Å²) >= 11 is 6.08. The van der Waals surface area contributed by atoms with Gasteiger partial charge in [0.15, 0.2) is 0 Å². The van der Waals surface area contributed by atoms with E-state index in [1.54, 1.807) is 12.1 Å². The SMILES string of the molecule is COc1cc(N)c(Cl)cc1C(=O)N1CCN(C2CCOCC2)CC1.Cl.Cl. The Morgan fingerprint density at radius 3 is 2.38 bits per heavy atom. The third-order valence-electron chi connectivity index (χ3n) is 4.86. The van der Waals surface area contributed by atoms with Crippen LogP contribution in [0.15, 0.2) is 12.1 Å². The lowest BCUT2D eigenvalue weighted by molar-refractivity contribution is 0.0137. The maximum atomic E-state index is 12.8. The molecule has 2 N–H and O–H groups in total. The number of hydrogen-bond acceptors (Lipinski definition) is 5. The van der Waals surface area contributed by atoms with Crippen LogP contribution in [-0.4, -0.2) is 68.3 Å². The van der Waals surface area contributed by atoms with Crippen LogP contribution in [0, 0.1) is 0 Å². The number of carbonyl (C=O) groups excluding carboxylic acids is 1. The highest BCUT2D eigenvalue weighted by atomic mass is 35.5. The van der Waals surface area contributed by atoms with Crippen molar-refractivity contribution in [3.05, 3.63) is 22.7 Å². The number of carbonyl (C=O) groups is 1. The third kappa shape index (κ3) is 5.08. The van der Waals surface area contributed by atoms with Gasteiger partial charge < -0.3 is 20.1 Å². The number of nitrogens with zero attached hydrogens (tertiary/aromatic N) is 2. The second-order valence-corrected chi connectivity index (χ2v) is 6.65. The van der Waals surface area contributed by atoms with Crippen LogP contribution in [0.1, 0.15) is 23.2 Å². The van der Waals surface area contributed by atoms with Gasteiger partial charge in [0.25, 0.3) is 5.91 Å². The van der Waals surface area contributed by atoms with E-state index >= 15 is 0 Å². The zero-order valence-corrected chi connectivity index (χ0v) is 17.2. The summed E-state index contributed by atoms with van der Waals surface area (Å²) in [4.78, 5) is 17.2. The van der Waals surface area contributed by atoms with Gasteiger partial charge in [-0.15, -0.1) is 24.8 Å². The largest absolute Gasteiger partial charge is 0.496 e. The molecule has 0 spiro atoms. The van der Waals surface area contributed by atoms with Crippen LogP contribution < -0.4 is 10.5 Å². The van der Waals surface area contributed by atoms with Crippen LogP contribution in [0.2, 0.25) is 5.02 Å². The molecular formula is C17H26Cl3N3O3. The number of halogens is 3. The van der Waals surface area contributed by atoms with Crippen LogP contribution >= 0.6 is 36.4 Å². The van der Waals surface area contributed by atoms with Gasteiger partial charge >= 0.3 is 0 Å². The average Bonchev–Trinajstić information content (AvgIpc) is 2.64. The van der Waals surface area contributed by atoms with Gasteiger partial charge in [-0.3, -0.25) is 9.69 Å². The standard InChI is InChI=1S/C17H24ClN3O3.2ClH/c1-23-16-11-15(19)14(18)10-13(16)17(22)21-6-4-20(5-7-21)12-2-8-24-9-3-12;;/h10-12H,2-9,19H2,1H3;2*1H. The van der Waals surface area contributed by atoms with E-state index in [9.17, 15) is 4.79 Å². The van der Waals surface area contributed by atoms with Crippen molar-refractivity contribution in [3.63, 3.8) is 0 Å². The Kier molecular flexibility index (Phi) is 9.27. The first-order valence-electron chi connectivity index (χ1n) is 8.34. The molecule has 1 amide bonds. The summed E-state index contributed by atoms with van der Waals surface area (Å²) in [5.74, 6) is 0.411. The Bertz CT molecular complexity index is 604. The molecule has 26 heavy (non-hydrogen) atoms. The van der Waals surface area contributed by atoms with Gasteiger partial charge in [-0.05, 0) is 18.9 Å². The van der Waals surface area contributed by atoms with Crippen LogP contribution in [0.4, 0.5) is 5.69 Å². The molecule has 0 aromatic heterocycles. The number of rotatable bonds is 3. The Hall–Kier alpha value is -0.920. The molecule has 6 nitrogen and oxygen atoms in total. The molecule has 1 aromatic carbocycles. The summed E-state index contributed by atoms with van der Waals surface area (Å²) < 4.78 is 10.7. The minimum absolute atomic E-state index is 0. The van der Waals surface area contributed by atoms with Crippen molar-refractivity contribution >= 4 is 48.0 Å². The second-order valence-electron chi connectivity index (χ2n) is 6.25. The van der Waals surface area contributed by atoms with Crippen molar-refractivity contribution in [3.8, 4) is 5.75 Å². The first-order chi connectivity index (χ1) is 11.6. The quantitative estimate of drug-likeness (QED) is 0.753. The Morgan fingerprint density at radius 2 is 1.81 bits per heavy atom. The first kappa shape index (κ1) is 23.1. The number of anilines is 1. The van der Waals surface area contributed by atoms with Crippen LogP contribution in [0.3, 0.4) is 0 Å². The van der Waals surface area contributed by atoms with Gasteiger partial charge in [0.05, 0.1) is 23.4 Å². The minimum atomic E-state index is -0.0552. The maximum Gasteiger partial charge on any atom is 0.257 e. The van der Waals surface area contributed by atoms with Crippen molar-refractivity contribution in [2.75, 3.05) is 52.2 Å². The molecule has 2 fully saturated rings. The van der Waals surface area contributed by atoms with E-state index in [1.807, 2.05) is 4.90 Å². The lowest BCUT2D eigenvalue weighted by Gasteiger charge is -2.40. The molecule has 2 saturated heterocycles. The van der Waals surface area contributed by atoms with E-state index in [-0.39, 0.29) is 30.7 Å². The number of hydrogen-bond donors (Lipinski definition) is 1. The molecule has 148 valence electrons. The highest BCUT2D eigenvalue weighted by Gasteiger charge is 2.29. The predicted molar refractivity (Wildman–Crippen MR) is 108 cm³/mol. The van der Waals surface area contributed by atoms with Gasteiger partial charge in [0, 0.05) is 51.5 Å². The zero-order valence-electron chi connectivity index (χ0n) is 14.8. The highest BCUT2D eigenvalue weighted by Crippen LogP contribution is 2.30. The Balaban J connectivity index is 0.00000169. The van der Waals surface area contributed by atoms with Gasteiger partial charge in [-0.2, -0.15) is 0 Å². The van der Waals surface area contributed by atoms with Crippen molar-refractivity contribution in [1.29, 1.82) is 0 Å². The summed E-state index contributed by atoms with van der Waals surface area (Å²) in [5.41, 5.74) is 6.67. The number of ether oxygens (including phenoxy) is 2. The van der Waals surface area contributed by atoms with E-state index < -0.39 is 0 Å². The van der Waals surface area contributed by atoms with Gasteiger partial charge in [0.1, 0.15) is 5.75 Å². The number of amides is 1. The molecule has 2 aliphatic rings. The maximum absolute atomic E-state index is 12.8. The summed E-state index contributed by atoms with van der Waals surface area (Å²) in [6.45, 7) is 4.88. The summed E-state index contributed by atoms with van der Waals surface area (Å²) in [7, 11) is 1.53. The van der Waals surface area contributed by atoms with E-state index in [0.29, 0.717) is 41.2 Å². The predicted octanol–water partition coefficient (Wildman–Crippen LogP) is 2.71. The van der Waals surface area contributed by atoms with Crippen LogP contribution in [0.25, 0.3) is 0 Å². The van der Waals surface area contributed by atoms with Crippen LogP contribution in [0.5, 0.6) is 5.75 Å². The Labute approximate surface area is 171 Å². The molecule has 0 atom stereocenters. The molecule has 2 heterocycles. The van der Waals surface area contributed by atoms with Crippen molar-refractivity contribution in [1.82, 2.24) is 9.80 Å². The number of nitrogen functional groups attached to an aromatic ring is 1. The van der Waals surface area contributed by atoms with Gasteiger partial charge in [0.2, 0.25) is 0 Å². The average molecular weight is 427 g/mol. The lowest BCUT2D eigenvalue weighted by Crippen LogP contribution is -2.53. The van der Waals surface area contributed by atoms with Crippen LogP contribution in [-0.2, 0) is 4.74 Å². The van der Waals surface area contributed by atoms with Crippen molar-refractivity contribution in [2.45, 2.75) is 18.9 Å². The number of nitrogens with two attached hydrogens (primary N) is 1. The molecule has 3 rings (SSSR count). The smallest absolute Gasteiger partial charge is 0.257 e. The molecule has 0 radical (unpaired) electrons. The fraction of sp³-hybridized carbons (Fsp3) is 0.588. The summed E-state index contributed by atoms with van der Waals surface area (Å²) in [6.07, 6.45) is 2.16. The first-order valence-corrected chi connectivity index (χ1v) is 8.72. The van der Waals surface area contributed by atoms with Gasteiger partial charge in [-0.25, -0.2) is 0 Å². The van der Waals surface area contributed by atoms with Crippen molar-refractivity contribution < 1.29 is 14.3 Å². The summed E-state index contributed by atoms with van der Waals surface area (Å²) in [5, 5.41) is 0.375. The topological polar surface area (TPSA) is 68.0 Å². The number of methoxy groups -OCH3 is 1. The van der Waals surface area contributed by atoms with Crippen molar-refractivity contribution in [2.24, 2.45) is 0 Å². The number of piperazine rings is 1. The number of benzene rings is 1. The normalized spacial score (nSPS) is 18.6. The Morgan fingerprint density at radius 1 is 1.19 bits per heavy atom. The minimum Gasteiger partial charge on any atom is -0.496 e. The zero-order chi connectivity index (χ0) is 17.1. The molecule has 0 unspecified atom stereocenters. The van der Waals surface area contributed by atoms with E-state index in [4.69, 9.17) is 26.8 Å². The molecule has 1 aromatic rings. The van der Waals surface area contributed by atoms with Gasteiger partial charge in [-0.1, -0.05) is 11.6 Å². The third-order valence-corrected chi connectivity index (χ3v) is 5.19. The molecular weight excluding hydrogens is 401 g/mol. The summed E-state index contributed by atoms with van der Waals surface area (Å²) in [6, 6.07) is 3.79. The fourth-order valence-corrected chi connectivity index (χ4v) is 3.58. The van der Waals surface area contributed by atoms with E-state index in [0.717, 1.165) is 39.1 Å². The lowest BCUT2D eigenvalue weighted by atomic mass is 10.1. The highest BCUT2D eigenvalue weighted by molar-refractivity contribution is 6.33. The van der Waals surface area contributed by atoms with E-state index in [1.165, 1.54) is 7.11 Å². The fourth-order valence-electron chi connectivity index (χ4n) is 3.42. The molecule has 2 aliphatic heterocycles. The van der Waals surface area contributed by atoms with E-state index in [2.05, 4.69) is 4.90 Å². The molecule has 0 aliphatic carbocycles. The molecule has 9 heteroatoms. The molecule has 0 saturated carbocycles. The second kappa shape index (κ2) is 10.4. The molecule has 0 bridgehead atoms. The monoisotopic (exact) mass is 425 g/mol.